The van der Waals surface area contributed by atoms with Crippen LogP contribution in [0.5, 0.6) is 0 Å². The molecular formula is C22H28Cl3N3O2. The summed E-state index contributed by atoms with van der Waals surface area (Å²) < 4.78 is 5.89. The SMILES string of the molecule is Cl.Cl.Nc1ccc(CC(=O)N2C[C@@H]3COC[C@H](C2)N(Cc2ccc(Cl)cc2)C3)cc1. The highest BCUT2D eigenvalue weighted by molar-refractivity contribution is 6.30. The Morgan fingerprint density at radius 3 is 2.33 bits per heavy atom. The van der Waals surface area contributed by atoms with Crippen molar-refractivity contribution in [2.45, 2.75) is 19.0 Å². The van der Waals surface area contributed by atoms with E-state index in [4.69, 9.17) is 22.1 Å². The summed E-state index contributed by atoms with van der Waals surface area (Å²) >= 11 is 6.01. The molecule has 2 saturated heterocycles. The normalized spacial score (nSPS) is 21.2. The Morgan fingerprint density at radius 1 is 0.967 bits per heavy atom. The molecule has 8 heteroatoms. The number of ether oxygens (including phenoxy) is 1. The van der Waals surface area contributed by atoms with Gasteiger partial charge in [0.05, 0.1) is 25.7 Å². The van der Waals surface area contributed by atoms with Crippen molar-refractivity contribution >= 4 is 48.0 Å². The molecular weight excluding hydrogens is 445 g/mol. The van der Waals surface area contributed by atoms with Gasteiger partial charge in [0.25, 0.3) is 0 Å². The van der Waals surface area contributed by atoms with Crippen LogP contribution in [0.15, 0.2) is 48.5 Å². The summed E-state index contributed by atoms with van der Waals surface area (Å²) in [6, 6.07) is 15.8. The van der Waals surface area contributed by atoms with Crippen molar-refractivity contribution in [1.29, 1.82) is 0 Å². The highest BCUT2D eigenvalue weighted by Gasteiger charge is 2.34. The summed E-state index contributed by atoms with van der Waals surface area (Å²) in [4.78, 5) is 17.4. The topological polar surface area (TPSA) is 58.8 Å². The number of hydrogen-bond donors (Lipinski definition) is 1. The lowest BCUT2D eigenvalue weighted by Crippen LogP contribution is -2.46. The van der Waals surface area contributed by atoms with E-state index in [2.05, 4.69) is 17.0 Å². The lowest BCUT2D eigenvalue weighted by Gasteiger charge is -2.31. The Balaban J connectivity index is 0.00000160. The fraction of sp³-hybridized carbons (Fsp3) is 0.409. The largest absolute Gasteiger partial charge is 0.399 e. The van der Waals surface area contributed by atoms with Crippen molar-refractivity contribution in [1.82, 2.24) is 9.80 Å². The lowest BCUT2D eigenvalue weighted by molar-refractivity contribution is -0.132. The molecule has 2 aliphatic rings. The van der Waals surface area contributed by atoms with Crippen molar-refractivity contribution < 1.29 is 9.53 Å². The fourth-order valence-electron chi connectivity index (χ4n) is 4.07. The van der Waals surface area contributed by atoms with Gasteiger partial charge in [-0.2, -0.15) is 0 Å². The predicted molar refractivity (Wildman–Crippen MR) is 126 cm³/mol. The Bertz CT molecular complexity index is 817. The molecule has 5 nitrogen and oxygen atoms in total. The molecule has 164 valence electrons. The van der Waals surface area contributed by atoms with E-state index in [0.29, 0.717) is 32.1 Å². The molecule has 2 aromatic carbocycles. The third kappa shape index (κ3) is 6.25. The van der Waals surface area contributed by atoms with Crippen molar-refractivity contribution in [3.05, 3.63) is 64.7 Å². The van der Waals surface area contributed by atoms with Crippen LogP contribution in [0.1, 0.15) is 11.1 Å². The summed E-state index contributed by atoms with van der Waals surface area (Å²) in [5.74, 6) is 0.505. The highest BCUT2D eigenvalue weighted by Crippen LogP contribution is 2.23. The Morgan fingerprint density at radius 2 is 1.63 bits per heavy atom. The van der Waals surface area contributed by atoms with Crippen molar-refractivity contribution in [2.24, 2.45) is 5.92 Å². The van der Waals surface area contributed by atoms with Gasteiger partial charge in [-0.1, -0.05) is 35.9 Å². The molecule has 0 aromatic heterocycles. The number of hydrogen-bond acceptors (Lipinski definition) is 4. The Kier molecular flexibility index (Phi) is 9.26. The van der Waals surface area contributed by atoms with Crippen LogP contribution in [0.4, 0.5) is 5.69 Å². The smallest absolute Gasteiger partial charge is 0.227 e. The van der Waals surface area contributed by atoms with E-state index < -0.39 is 0 Å². The summed E-state index contributed by atoms with van der Waals surface area (Å²) in [6.07, 6.45) is 0.414. The van der Waals surface area contributed by atoms with E-state index >= 15 is 0 Å². The molecule has 0 aliphatic carbocycles. The van der Waals surface area contributed by atoms with E-state index in [-0.39, 0.29) is 36.8 Å². The monoisotopic (exact) mass is 471 g/mol. The van der Waals surface area contributed by atoms with E-state index in [1.807, 2.05) is 41.3 Å². The van der Waals surface area contributed by atoms with Gasteiger partial charge in [-0.05, 0) is 35.4 Å². The number of fused-ring (bicyclic) bond motifs is 3. The summed E-state index contributed by atoms with van der Waals surface area (Å²) in [6.45, 7) is 4.62. The maximum atomic E-state index is 13.0. The van der Waals surface area contributed by atoms with Crippen molar-refractivity contribution in [2.75, 3.05) is 38.6 Å². The van der Waals surface area contributed by atoms with Gasteiger partial charge >= 0.3 is 0 Å². The number of rotatable bonds is 4. The molecule has 4 rings (SSSR count). The zero-order chi connectivity index (χ0) is 19.5. The molecule has 2 atom stereocenters. The first-order valence-electron chi connectivity index (χ1n) is 9.75. The maximum Gasteiger partial charge on any atom is 0.227 e. The number of nitrogens with zero attached hydrogens (tertiary/aromatic N) is 2. The van der Waals surface area contributed by atoms with Gasteiger partial charge in [0.2, 0.25) is 5.91 Å². The molecule has 0 spiro atoms. The summed E-state index contributed by atoms with van der Waals surface area (Å²) in [5.41, 5.74) is 8.70. The molecule has 2 aliphatic heterocycles. The van der Waals surface area contributed by atoms with E-state index in [1.165, 1.54) is 5.56 Å². The fourth-order valence-corrected chi connectivity index (χ4v) is 4.20. The molecule has 2 heterocycles. The van der Waals surface area contributed by atoms with Gasteiger partial charge < -0.3 is 15.4 Å². The average molecular weight is 473 g/mol. The summed E-state index contributed by atoms with van der Waals surface area (Å²) in [5, 5.41) is 0.751. The van der Waals surface area contributed by atoms with Crippen molar-refractivity contribution in [3.8, 4) is 0 Å². The van der Waals surface area contributed by atoms with Gasteiger partial charge in [0.1, 0.15) is 0 Å². The van der Waals surface area contributed by atoms with Gasteiger partial charge in [-0.25, -0.2) is 0 Å². The molecule has 2 bridgehead atoms. The van der Waals surface area contributed by atoms with E-state index in [1.54, 1.807) is 0 Å². The number of halogens is 3. The molecule has 2 N–H and O–H groups in total. The first-order valence-corrected chi connectivity index (χ1v) is 10.1. The third-order valence-electron chi connectivity index (χ3n) is 5.57. The highest BCUT2D eigenvalue weighted by atomic mass is 35.5. The first-order chi connectivity index (χ1) is 13.6. The average Bonchev–Trinajstić information content (AvgIpc) is 2.95. The third-order valence-corrected chi connectivity index (χ3v) is 5.82. The lowest BCUT2D eigenvalue weighted by atomic mass is 10.1. The van der Waals surface area contributed by atoms with Crippen LogP contribution in [0, 0.1) is 5.92 Å². The number of nitrogens with two attached hydrogens (primary N) is 1. The summed E-state index contributed by atoms with van der Waals surface area (Å²) in [7, 11) is 0. The minimum absolute atomic E-state index is 0. The molecule has 30 heavy (non-hydrogen) atoms. The van der Waals surface area contributed by atoms with Crippen LogP contribution in [0.2, 0.25) is 5.02 Å². The number of amides is 1. The molecule has 2 fully saturated rings. The Hall–Kier alpha value is -1.50. The zero-order valence-corrected chi connectivity index (χ0v) is 19.1. The van der Waals surface area contributed by atoms with Crippen LogP contribution in [0.25, 0.3) is 0 Å². The second-order valence-corrected chi connectivity index (χ2v) is 8.27. The number of nitrogen functional groups attached to an aromatic ring is 1. The molecule has 0 radical (unpaired) electrons. The van der Waals surface area contributed by atoms with Gasteiger partial charge in [-0.3, -0.25) is 9.69 Å². The van der Waals surface area contributed by atoms with Crippen LogP contribution >= 0.6 is 36.4 Å². The molecule has 2 aromatic rings. The molecule has 0 saturated carbocycles. The predicted octanol–water partition coefficient (Wildman–Crippen LogP) is 3.67. The van der Waals surface area contributed by atoms with Gasteiger partial charge in [-0.15, -0.1) is 24.8 Å². The molecule has 1 amide bonds. The van der Waals surface area contributed by atoms with E-state index in [0.717, 1.165) is 35.9 Å². The number of carbonyl (C=O) groups excluding carboxylic acids is 1. The number of anilines is 1. The molecule has 0 unspecified atom stereocenters. The first kappa shape index (κ1) is 24.8. The zero-order valence-electron chi connectivity index (χ0n) is 16.7. The van der Waals surface area contributed by atoms with Crippen LogP contribution < -0.4 is 5.73 Å². The second kappa shape index (κ2) is 11.2. The minimum atomic E-state index is 0. The number of benzene rings is 2. The maximum absolute atomic E-state index is 13.0. The minimum Gasteiger partial charge on any atom is -0.399 e. The van der Waals surface area contributed by atoms with Crippen LogP contribution in [-0.2, 0) is 22.5 Å². The standard InChI is InChI=1S/C22H26ClN3O2.2ClH/c23-19-5-1-17(2-6-19)10-25-11-18-12-26(13-21(25)15-28-14-18)22(27)9-16-3-7-20(24)8-4-16;;/h1-8,18,21H,9-15,24H2;2*1H/t18-,21+;;/m1../s1. The van der Waals surface area contributed by atoms with Crippen LogP contribution in [0.3, 0.4) is 0 Å². The van der Waals surface area contributed by atoms with Gasteiger partial charge in [0.15, 0.2) is 0 Å². The van der Waals surface area contributed by atoms with Gasteiger partial charge in [0, 0.05) is 42.8 Å². The quantitative estimate of drug-likeness (QED) is 0.690. The van der Waals surface area contributed by atoms with Crippen molar-refractivity contribution in [3.63, 3.8) is 0 Å². The second-order valence-electron chi connectivity index (χ2n) is 7.83. The Labute approximate surface area is 195 Å². The number of carbonyl (C=O) groups is 1. The van der Waals surface area contributed by atoms with E-state index in [9.17, 15) is 4.79 Å². The van der Waals surface area contributed by atoms with Crippen LogP contribution in [-0.4, -0.2) is 54.6 Å².